The summed E-state index contributed by atoms with van der Waals surface area (Å²) in [6.45, 7) is 6.03. The first-order valence-corrected chi connectivity index (χ1v) is 5.84. The first kappa shape index (κ1) is 12.5. The van der Waals surface area contributed by atoms with E-state index in [4.69, 9.17) is 4.74 Å². The molecule has 0 atom stereocenters. The molecule has 1 aromatic carbocycles. The van der Waals surface area contributed by atoms with Crippen molar-refractivity contribution >= 4 is 17.1 Å². The van der Waals surface area contributed by atoms with Crippen molar-refractivity contribution in [2.45, 2.75) is 26.3 Å². The Morgan fingerprint density at radius 3 is 2.67 bits per heavy atom. The first-order chi connectivity index (χ1) is 8.40. The molecule has 2 rings (SSSR count). The molecule has 0 aliphatic carbocycles. The van der Waals surface area contributed by atoms with Crippen molar-refractivity contribution in [3.8, 4) is 11.6 Å². The van der Waals surface area contributed by atoms with Crippen molar-refractivity contribution in [1.29, 1.82) is 0 Å². The molecule has 0 aliphatic heterocycles. The summed E-state index contributed by atoms with van der Waals surface area (Å²) in [7, 11) is 1.62. The molecule has 96 valence electrons. The third-order valence-corrected chi connectivity index (χ3v) is 2.61. The second kappa shape index (κ2) is 4.37. The highest BCUT2D eigenvalue weighted by atomic mass is 16.5. The number of H-pyrrole nitrogens is 1. The Morgan fingerprint density at radius 2 is 2.06 bits per heavy atom. The molecule has 18 heavy (non-hydrogen) atoms. The summed E-state index contributed by atoms with van der Waals surface area (Å²) >= 11 is 0. The number of aromatic hydroxyl groups is 1. The van der Waals surface area contributed by atoms with Gasteiger partial charge in [0.1, 0.15) is 5.75 Å². The summed E-state index contributed by atoms with van der Waals surface area (Å²) in [4.78, 5) is 7.34. The van der Waals surface area contributed by atoms with Crippen molar-refractivity contribution < 1.29 is 9.84 Å². The van der Waals surface area contributed by atoms with Crippen molar-refractivity contribution in [3.63, 3.8) is 0 Å². The van der Waals surface area contributed by atoms with Crippen molar-refractivity contribution in [3.05, 3.63) is 23.8 Å². The Labute approximate surface area is 106 Å². The van der Waals surface area contributed by atoms with Crippen LogP contribution < -0.4 is 4.74 Å². The van der Waals surface area contributed by atoms with E-state index >= 15 is 0 Å². The molecule has 4 nitrogen and oxygen atoms in total. The molecule has 4 heteroatoms. The summed E-state index contributed by atoms with van der Waals surface area (Å²) in [5, 5.41) is 10.8. The monoisotopic (exact) mass is 246 g/mol. The maximum atomic E-state index is 9.91. The molecule has 0 amide bonds. The zero-order chi connectivity index (χ0) is 13.3. The number of methoxy groups -OCH3 is 1. The SMILES string of the molecule is COc1ccc2[nH]c(O)c(C=NC(C)(C)C)c2c1. The van der Waals surface area contributed by atoms with Crippen LogP contribution in [0.3, 0.4) is 0 Å². The number of nitrogens with zero attached hydrogens (tertiary/aromatic N) is 1. The number of hydrogen-bond donors (Lipinski definition) is 2. The van der Waals surface area contributed by atoms with Crippen LogP contribution in [0.2, 0.25) is 0 Å². The van der Waals surface area contributed by atoms with Crippen molar-refractivity contribution in [2.75, 3.05) is 7.11 Å². The second-order valence-electron chi connectivity index (χ2n) is 5.23. The fourth-order valence-electron chi connectivity index (χ4n) is 1.69. The smallest absolute Gasteiger partial charge is 0.198 e. The third-order valence-electron chi connectivity index (χ3n) is 2.61. The molecular formula is C14H18N2O2. The van der Waals surface area contributed by atoms with Crippen molar-refractivity contribution in [2.24, 2.45) is 4.99 Å². The molecule has 0 unspecified atom stereocenters. The Kier molecular flexibility index (Phi) is 3.03. The normalized spacial score (nSPS) is 12.4. The van der Waals surface area contributed by atoms with Gasteiger partial charge in [-0.2, -0.15) is 0 Å². The summed E-state index contributed by atoms with van der Waals surface area (Å²) in [6.07, 6.45) is 1.70. The van der Waals surface area contributed by atoms with Gasteiger partial charge < -0.3 is 14.8 Å². The van der Waals surface area contributed by atoms with Crippen LogP contribution in [0.1, 0.15) is 26.3 Å². The maximum absolute atomic E-state index is 9.91. The minimum atomic E-state index is -0.172. The number of aromatic nitrogens is 1. The van der Waals surface area contributed by atoms with Crippen LogP contribution >= 0.6 is 0 Å². The number of hydrogen-bond acceptors (Lipinski definition) is 3. The lowest BCUT2D eigenvalue weighted by atomic mass is 10.1. The van der Waals surface area contributed by atoms with Gasteiger partial charge >= 0.3 is 0 Å². The van der Waals surface area contributed by atoms with E-state index in [0.717, 1.165) is 16.7 Å². The average Bonchev–Trinajstić information content (AvgIpc) is 2.60. The molecule has 2 N–H and O–H groups in total. The maximum Gasteiger partial charge on any atom is 0.198 e. The molecule has 2 aromatic rings. The average molecular weight is 246 g/mol. The molecule has 0 bridgehead atoms. The van der Waals surface area contributed by atoms with E-state index < -0.39 is 0 Å². The van der Waals surface area contributed by atoms with Crippen LogP contribution in [-0.4, -0.2) is 29.0 Å². The van der Waals surface area contributed by atoms with Crippen LogP contribution in [-0.2, 0) is 0 Å². The van der Waals surface area contributed by atoms with Gasteiger partial charge in [0.2, 0.25) is 0 Å². The number of rotatable bonds is 2. The molecule has 1 aromatic heterocycles. The zero-order valence-corrected chi connectivity index (χ0v) is 11.1. The summed E-state index contributed by atoms with van der Waals surface area (Å²) in [5.74, 6) is 0.887. The third kappa shape index (κ3) is 2.47. The highest BCUT2D eigenvalue weighted by molar-refractivity contribution is 6.02. The van der Waals surface area contributed by atoms with Crippen LogP contribution in [0.5, 0.6) is 11.6 Å². The largest absolute Gasteiger partial charge is 0.497 e. The molecule has 0 radical (unpaired) electrons. The fourth-order valence-corrected chi connectivity index (χ4v) is 1.69. The highest BCUT2D eigenvalue weighted by Gasteiger charge is 2.11. The first-order valence-electron chi connectivity index (χ1n) is 5.84. The van der Waals surface area contributed by atoms with Gasteiger partial charge in [0.15, 0.2) is 5.88 Å². The van der Waals surface area contributed by atoms with Gasteiger partial charge in [-0.1, -0.05) is 0 Å². The Hall–Kier alpha value is -1.97. The van der Waals surface area contributed by atoms with E-state index in [1.54, 1.807) is 13.3 Å². The van der Waals surface area contributed by atoms with E-state index in [0.29, 0.717) is 5.56 Å². The molecule has 0 fully saturated rings. The van der Waals surface area contributed by atoms with E-state index in [2.05, 4.69) is 9.98 Å². The van der Waals surface area contributed by atoms with Gasteiger partial charge in [0.25, 0.3) is 0 Å². The van der Waals surface area contributed by atoms with Gasteiger partial charge in [0.05, 0.1) is 18.2 Å². The summed E-state index contributed by atoms with van der Waals surface area (Å²) < 4.78 is 5.19. The Bertz CT molecular complexity index is 592. The summed E-state index contributed by atoms with van der Waals surface area (Å²) in [6, 6.07) is 5.61. The topological polar surface area (TPSA) is 57.6 Å². The van der Waals surface area contributed by atoms with Gasteiger partial charge in [0, 0.05) is 17.1 Å². The lowest BCUT2D eigenvalue weighted by Gasteiger charge is -2.10. The standard InChI is InChI=1S/C14H18N2O2/c1-14(2,3)15-8-11-10-7-9(18-4)5-6-12(10)16-13(11)17/h5-8,16-17H,1-4H3. The van der Waals surface area contributed by atoms with Gasteiger partial charge in [-0.15, -0.1) is 0 Å². The second-order valence-corrected chi connectivity index (χ2v) is 5.23. The number of nitrogens with one attached hydrogen (secondary N) is 1. The molecule has 0 aliphatic rings. The van der Waals surface area contributed by atoms with Gasteiger partial charge in [-0.3, -0.25) is 4.99 Å². The minimum Gasteiger partial charge on any atom is -0.497 e. The zero-order valence-electron chi connectivity index (χ0n) is 11.1. The minimum absolute atomic E-state index is 0.131. The van der Waals surface area contributed by atoms with Crippen LogP contribution in [0.25, 0.3) is 10.9 Å². The van der Waals surface area contributed by atoms with Crippen LogP contribution in [0.15, 0.2) is 23.2 Å². The van der Waals surface area contributed by atoms with E-state index in [1.807, 2.05) is 39.0 Å². The number of aromatic amines is 1. The van der Waals surface area contributed by atoms with Crippen LogP contribution in [0, 0.1) is 0 Å². The molecular weight excluding hydrogens is 228 g/mol. The number of aliphatic imine (C=N–C) groups is 1. The Morgan fingerprint density at radius 1 is 1.33 bits per heavy atom. The Balaban J connectivity index is 2.55. The predicted octanol–water partition coefficient (Wildman–Crippen LogP) is 3.10. The number of fused-ring (bicyclic) bond motifs is 1. The molecule has 0 spiro atoms. The van der Waals surface area contributed by atoms with E-state index in [1.165, 1.54) is 0 Å². The quantitative estimate of drug-likeness (QED) is 0.800. The predicted molar refractivity (Wildman–Crippen MR) is 73.9 cm³/mol. The molecule has 0 saturated heterocycles. The number of benzene rings is 1. The molecule has 1 heterocycles. The van der Waals surface area contributed by atoms with E-state index in [-0.39, 0.29) is 11.4 Å². The van der Waals surface area contributed by atoms with Crippen molar-refractivity contribution in [1.82, 2.24) is 4.98 Å². The lowest BCUT2D eigenvalue weighted by molar-refractivity contribution is 0.415. The van der Waals surface area contributed by atoms with Gasteiger partial charge in [-0.25, -0.2) is 0 Å². The molecule has 0 saturated carbocycles. The van der Waals surface area contributed by atoms with E-state index in [9.17, 15) is 5.11 Å². The fraction of sp³-hybridized carbons (Fsp3) is 0.357. The lowest BCUT2D eigenvalue weighted by Crippen LogP contribution is -2.09. The summed E-state index contributed by atoms with van der Waals surface area (Å²) in [5.41, 5.74) is 1.39. The van der Waals surface area contributed by atoms with Gasteiger partial charge in [-0.05, 0) is 39.0 Å². The van der Waals surface area contributed by atoms with Crippen LogP contribution in [0.4, 0.5) is 0 Å². The highest BCUT2D eigenvalue weighted by Crippen LogP contribution is 2.29. The number of ether oxygens (including phenoxy) is 1.